The molecule has 2 aliphatic rings. The van der Waals surface area contributed by atoms with Crippen molar-refractivity contribution in [3.05, 3.63) is 131 Å². The lowest BCUT2D eigenvalue weighted by molar-refractivity contribution is -0.772. The minimum Gasteiger partial charge on any atom is -0.192 e. The van der Waals surface area contributed by atoms with Crippen molar-refractivity contribution in [2.45, 2.75) is 110 Å². The Morgan fingerprint density at radius 2 is 1.53 bits per heavy atom. The summed E-state index contributed by atoms with van der Waals surface area (Å²) in [5.41, 5.74) is 16.6. The first kappa shape index (κ1) is 31.6. The number of pyridine rings is 2. The highest BCUT2D eigenvalue weighted by Crippen LogP contribution is 2.53. The molecule has 3 atom stereocenters. The molecular weight excluding hydrogens is 569 g/mol. The molecule has 0 spiro atoms. The third-order valence-corrected chi connectivity index (χ3v) is 12.1. The number of benzene rings is 3. The fraction of sp³-hybridized carbons (Fsp3) is 0.378. The van der Waals surface area contributed by atoms with Crippen LogP contribution >= 0.6 is 0 Å². The van der Waals surface area contributed by atoms with Gasteiger partial charge in [-0.05, 0) is 81.3 Å². The molecule has 47 heavy (non-hydrogen) atoms. The molecule has 0 bridgehead atoms. The molecule has 0 saturated heterocycles. The average molecular weight is 621 g/mol. The molecule has 2 heteroatoms. The van der Waals surface area contributed by atoms with E-state index < -0.39 is 0 Å². The highest BCUT2D eigenvalue weighted by molar-refractivity contribution is 5.72. The van der Waals surface area contributed by atoms with Crippen molar-refractivity contribution >= 4 is 0 Å². The summed E-state index contributed by atoms with van der Waals surface area (Å²) in [6.07, 6.45) is 12.9. The van der Waals surface area contributed by atoms with Gasteiger partial charge in [-0.2, -0.15) is 9.13 Å². The Morgan fingerprint density at radius 1 is 0.723 bits per heavy atom. The highest BCUT2D eigenvalue weighted by atomic mass is 15.1. The number of aryl methyl sites for hydroxylation is 4. The third kappa shape index (κ3) is 4.98. The second-order valence-corrected chi connectivity index (χ2v) is 14.7. The van der Waals surface area contributed by atoms with Crippen LogP contribution in [0.2, 0.25) is 0 Å². The number of rotatable bonds is 9. The van der Waals surface area contributed by atoms with Crippen molar-refractivity contribution in [3.8, 4) is 33.6 Å². The summed E-state index contributed by atoms with van der Waals surface area (Å²) in [6, 6.07) is 33.1. The molecule has 4 heterocycles. The van der Waals surface area contributed by atoms with E-state index in [4.69, 9.17) is 0 Å². The van der Waals surface area contributed by atoms with Gasteiger partial charge in [0, 0.05) is 48.6 Å². The van der Waals surface area contributed by atoms with E-state index in [1.807, 2.05) is 0 Å². The Balaban J connectivity index is 1.37. The maximum atomic E-state index is 2.72. The molecule has 3 aromatic carbocycles. The smallest absolute Gasteiger partial charge is 0.192 e. The predicted molar refractivity (Wildman–Crippen MR) is 196 cm³/mol. The molecular formula is C45H52N2+2. The maximum Gasteiger partial charge on any atom is 0.213 e. The van der Waals surface area contributed by atoms with Gasteiger partial charge in [0.25, 0.3) is 0 Å². The molecule has 2 aliphatic heterocycles. The van der Waals surface area contributed by atoms with Crippen molar-refractivity contribution in [2.24, 2.45) is 0 Å². The summed E-state index contributed by atoms with van der Waals surface area (Å²) >= 11 is 0. The van der Waals surface area contributed by atoms with E-state index in [0.29, 0.717) is 6.04 Å². The minimum absolute atomic E-state index is 0.00313. The Morgan fingerprint density at radius 3 is 2.30 bits per heavy atom. The first-order valence-electron chi connectivity index (χ1n) is 18.1. The van der Waals surface area contributed by atoms with Crippen molar-refractivity contribution in [1.29, 1.82) is 0 Å². The summed E-state index contributed by atoms with van der Waals surface area (Å²) in [7, 11) is 0. The van der Waals surface area contributed by atoms with Gasteiger partial charge >= 0.3 is 0 Å². The zero-order valence-electron chi connectivity index (χ0n) is 29.7. The predicted octanol–water partition coefficient (Wildman–Crippen LogP) is 10.7. The summed E-state index contributed by atoms with van der Waals surface area (Å²) in [5.74, 6) is 0. The Kier molecular flexibility index (Phi) is 8.19. The molecule has 2 nitrogen and oxygen atoms in total. The van der Waals surface area contributed by atoms with Crippen molar-refractivity contribution in [3.63, 3.8) is 0 Å². The fourth-order valence-corrected chi connectivity index (χ4v) is 9.28. The van der Waals surface area contributed by atoms with Crippen LogP contribution in [0.3, 0.4) is 0 Å². The van der Waals surface area contributed by atoms with Gasteiger partial charge in [-0.3, -0.25) is 0 Å². The van der Waals surface area contributed by atoms with Gasteiger partial charge in [0.1, 0.15) is 0 Å². The largest absolute Gasteiger partial charge is 0.213 e. The van der Waals surface area contributed by atoms with E-state index in [-0.39, 0.29) is 11.0 Å². The Bertz CT molecular complexity index is 1970. The zero-order valence-corrected chi connectivity index (χ0v) is 29.7. The van der Waals surface area contributed by atoms with Crippen LogP contribution < -0.4 is 9.13 Å². The first-order chi connectivity index (χ1) is 22.7. The molecule has 5 aromatic rings. The van der Waals surface area contributed by atoms with E-state index in [0.717, 1.165) is 32.1 Å². The number of hydrogen-bond donors (Lipinski definition) is 0. The van der Waals surface area contributed by atoms with E-state index in [9.17, 15) is 0 Å². The lowest BCUT2D eigenvalue weighted by atomic mass is 9.58. The van der Waals surface area contributed by atoms with Crippen LogP contribution in [0.1, 0.15) is 106 Å². The second kappa shape index (κ2) is 12.2. The molecule has 0 aliphatic carbocycles. The summed E-state index contributed by atoms with van der Waals surface area (Å²) in [4.78, 5) is 0. The van der Waals surface area contributed by atoms with Gasteiger partial charge in [0.15, 0.2) is 24.0 Å². The topological polar surface area (TPSA) is 7.76 Å². The molecule has 7 rings (SSSR count). The number of hydrogen-bond acceptors (Lipinski definition) is 0. The van der Waals surface area contributed by atoms with Gasteiger partial charge in [-0.1, -0.05) is 92.9 Å². The van der Waals surface area contributed by atoms with Gasteiger partial charge in [-0.25, -0.2) is 0 Å². The van der Waals surface area contributed by atoms with Crippen LogP contribution in [-0.4, -0.2) is 0 Å². The van der Waals surface area contributed by atoms with E-state index in [1.54, 1.807) is 0 Å². The van der Waals surface area contributed by atoms with E-state index >= 15 is 0 Å². The summed E-state index contributed by atoms with van der Waals surface area (Å²) in [6.45, 7) is 16.4. The molecule has 0 radical (unpaired) electrons. The Hall–Kier alpha value is -4.04. The first-order valence-corrected chi connectivity index (χ1v) is 18.1. The van der Waals surface area contributed by atoms with Crippen LogP contribution in [0.4, 0.5) is 0 Å². The monoisotopic (exact) mass is 620 g/mol. The Labute approximate surface area is 283 Å². The van der Waals surface area contributed by atoms with Crippen molar-refractivity contribution in [2.75, 3.05) is 0 Å². The van der Waals surface area contributed by atoms with Crippen LogP contribution in [-0.2, 0) is 17.4 Å². The van der Waals surface area contributed by atoms with Crippen LogP contribution in [0.5, 0.6) is 0 Å². The SMILES string of the molecule is CCCCc1cc[n+]2c(c1)-c1ccccc1C(C)(CC)C2(CC)CCC1c2ccc(C)cc2-c2cc(C)c(-c3cccc(C)c3)c[n+]21. The lowest BCUT2D eigenvalue weighted by Gasteiger charge is -2.48. The molecule has 240 valence electrons. The number of nitrogens with zero attached hydrogens (tertiary/aromatic N) is 2. The third-order valence-electron chi connectivity index (χ3n) is 12.1. The van der Waals surface area contributed by atoms with Crippen molar-refractivity contribution < 1.29 is 9.13 Å². The molecule has 0 amide bonds. The van der Waals surface area contributed by atoms with Crippen LogP contribution in [0.25, 0.3) is 33.6 Å². The van der Waals surface area contributed by atoms with E-state index in [2.05, 4.69) is 155 Å². The number of fused-ring (bicyclic) bond motifs is 6. The van der Waals surface area contributed by atoms with Gasteiger partial charge in [0.2, 0.25) is 11.4 Å². The molecule has 2 aromatic heterocycles. The van der Waals surface area contributed by atoms with Crippen molar-refractivity contribution in [1.82, 2.24) is 0 Å². The quantitative estimate of drug-likeness (QED) is 0.145. The van der Waals surface area contributed by atoms with Gasteiger partial charge < -0.3 is 0 Å². The molecule has 0 N–H and O–H groups in total. The minimum atomic E-state index is -0.0486. The zero-order chi connectivity index (χ0) is 32.9. The van der Waals surface area contributed by atoms with Gasteiger partial charge in [0.05, 0.1) is 16.5 Å². The maximum absolute atomic E-state index is 2.72. The average Bonchev–Trinajstić information content (AvgIpc) is 3.38. The van der Waals surface area contributed by atoms with Gasteiger partial charge in [-0.15, -0.1) is 0 Å². The lowest BCUT2D eigenvalue weighted by Crippen LogP contribution is -2.69. The number of unbranched alkanes of at least 4 members (excludes halogenated alkanes) is 1. The normalized spacial score (nSPS) is 20.8. The summed E-state index contributed by atoms with van der Waals surface area (Å²) in [5, 5.41) is 0. The standard InChI is InChI=1S/C45H52N2/c1-8-11-16-34-23-25-47-43(29-34)37-18-12-13-19-40(37)44(7,9-2)45(47,10-3)24-22-41-36-21-20-32(5)27-38(36)42-28-33(6)39(30-46(41)42)35-17-14-15-31(4)26-35/h12-15,17-21,23,25-30,41H,8-11,16,22,24H2,1-7H3/q+2. The van der Waals surface area contributed by atoms with Crippen LogP contribution in [0, 0.1) is 20.8 Å². The fourth-order valence-electron chi connectivity index (χ4n) is 9.28. The second-order valence-electron chi connectivity index (χ2n) is 14.7. The van der Waals surface area contributed by atoms with Crippen LogP contribution in [0.15, 0.2) is 97.3 Å². The highest BCUT2D eigenvalue weighted by Gasteiger charge is 2.59. The molecule has 0 saturated carbocycles. The number of aromatic nitrogens is 2. The van der Waals surface area contributed by atoms with E-state index in [1.165, 1.54) is 79.9 Å². The summed E-state index contributed by atoms with van der Waals surface area (Å²) < 4.78 is 5.34. The molecule has 0 fully saturated rings. The molecule has 3 unspecified atom stereocenters.